The van der Waals surface area contributed by atoms with E-state index in [-0.39, 0.29) is 29.3 Å². The van der Waals surface area contributed by atoms with Crippen molar-refractivity contribution >= 4 is 33.2 Å². The van der Waals surface area contributed by atoms with Crippen molar-refractivity contribution in [2.45, 2.75) is 44.0 Å². The normalized spacial score (nSPS) is 18.7. The van der Waals surface area contributed by atoms with Crippen LogP contribution in [0.15, 0.2) is 23.1 Å². The zero-order chi connectivity index (χ0) is 23.5. The second-order valence-corrected chi connectivity index (χ2v) is 10.6. The maximum atomic E-state index is 13.4. The Morgan fingerprint density at radius 1 is 1.16 bits per heavy atom. The Morgan fingerprint density at radius 2 is 1.88 bits per heavy atom. The van der Waals surface area contributed by atoms with Crippen molar-refractivity contribution in [3.05, 3.63) is 18.2 Å². The number of rotatable bonds is 9. The molecule has 1 atom stereocenters. The van der Waals surface area contributed by atoms with Crippen LogP contribution in [0.4, 0.5) is 11.4 Å². The number of piperidine rings is 1. The molecule has 2 amide bonds. The highest BCUT2D eigenvalue weighted by Crippen LogP contribution is 2.40. The number of anilines is 2. The summed E-state index contributed by atoms with van der Waals surface area (Å²) in [5.74, 6) is -0.392. The molecule has 32 heavy (non-hydrogen) atoms. The lowest BCUT2D eigenvalue weighted by Crippen LogP contribution is -2.57. The number of carbonyl (C=O) groups is 2. The van der Waals surface area contributed by atoms with Crippen LogP contribution in [0.25, 0.3) is 0 Å². The van der Waals surface area contributed by atoms with Crippen molar-refractivity contribution in [3.63, 3.8) is 0 Å². The van der Waals surface area contributed by atoms with Gasteiger partial charge in [0.25, 0.3) is 0 Å². The molecule has 178 valence electrons. The van der Waals surface area contributed by atoms with Gasteiger partial charge in [-0.25, -0.2) is 12.7 Å². The lowest BCUT2D eigenvalue weighted by Gasteiger charge is -2.45. The molecule has 2 aliphatic rings. The number of likely N-dealkylation sites (N-methyl/N-ethyl adjacent to an activating group) is 1. The first-order valence-electron chi connectivity index (χ1n) is 11.3. The van der Waals surface area contributed by atoms with E-state index in [1.807, 2.05) is 0 Å². The number of nitrogens with one attached hydrogen (secondary N) is 1. The Labute approximate surface area is 191 Å². The molecule has 0 bridgehead atoms. The maximum absolute atomic E-state index is 13.4. The third-order valence-electron chi connectivity index (χ3n) is 6.33. The molecule has 2 heterocycles. The van der Waals surface area contributed by atoms with Gasteiger partial charge < -0.3 is 15.1 Å². The molecule has 0 radical (unpaired) electrons. The number of fused-ring (bicyclic) bond motifs is 3. The Bertz CT molecular complexity index is 946. The van der Waals surface area contributed by atoms with Gasteiger partial charge in [0.05, 0.1) is 16.3 Å². The van der Waals surface area contributed by atoms with Crippen molar-refractivity contribution in [3.8, 4) is 0 Å². The smallest absolute Gasteiger partial charge is 0.250 e. The monoisotopic (exact) mass is 465 g/mol. The molecule has 0 saturated carbocycles. The molecule has 0 aliphatic carbocycles. The number of nitrogens with zero attached hydrogens (tertiary/aromatic N) is 4. The van der Waals surface area contributed by atoms with Gasteiger partial charge in [-0.05, 0) is 50.6 Å². The van der Waals surface area contributed by atoms with Crippen LogP contribution in [-0.2, 0) is 19.6 Å². The molecular formula is C22H35N5O4S. The summed E-state index contributed by atoms with van der Waals surface area (Å²) in [5.41, 5.74) is 1.29. The first-order valence-corrected chi connectivity index (χ1v) is 12.8. The van der Waals surface area contributed by atoms with Gasteiger partial charge >= 0.3 is 0 Å². The molecule has 0 spiro atoms. The van der Waals surface area contributed by atoms with E-state index in [9.17, 15) is 18.0 Å². The fourth-order valence-corrected chi connectivity index (χ4v) is 5.29. The molecule has 0 unspecified atom stereocenters. The van der Waals surface area contributed by atoms with Crippen molar-refractivity contribution in [2.75, 3.05) is 63.2 Å². The summed E-state index contributed by atoms with van der Waals surface area (Å²) in [6.45, 7) is 7.82. The number of amides is 2. The van der Waals surface area contributed by atoms with Crippen molar-refractivity contribution in [1.29, 1.82) is 0 Å². The van der Waals surface area contributed by atoms with Gasteiger partial charge in [-0.1, -0.05) is 13.8 Å². The summed E-state index contributed by atoms with van der Waals surface area (Å²) in [6, 6.07) is 4.56. The van der Waals surface area contributed by atoms with Crippen LogP contribution in [0.1, 0.15) is 33.1 Å². The quantitative estimate of drug-likeness (QED) is 0.587. The van der Waals surface area contributed by atoms with E-state index < -0.39 is 10.0 Å². The lowest BCUT2D eigenvalue weighted by atomic mass is 9.96. The zero-order valence-corrected chi connectivity index (χ0v) is 20.3. The van der Waals surface area contributed by atoms with Gasteiger partial charge in [0.15, 0.2) is 0 Å². The van der Waals surface area contributed by atoms with Crippen LogP contribution in [0, 0.1) is 0 Å². The van der Waals surface area contributed by atoms with E-state index in [0.29, 0.717) is 12.2 Å². The minimum absolute atomic E-state index is 0.108. The third-order valence-corrected chi connectivity index (χ3v) is 8.14. The molecular weight excluding hydrogens is 430 g/mol. The second kappa shape index (κ2) is 10.2. The third kappa shape index (κ3) is 4.92. The molecule has 1 aromatic rings. The average molecular weight is 466 g/mol. The summed E-state index contributed by atoms with van der Waals surface area (Å²) in [6.07, 6.45) is 2.67. The number of benzene rings is 1. The van der Waals surface area contributed by atoms with E-state index in [0.717, 1.165) is 55.4 Å². The van der Waals surface area contributed by atoms with Gasteiger partial charge in [-0.2, -0.15) is 0 Å². The SMILES string of the molecule is CCN(CC)CCNC(=O)CN1C(=O)[C@@H]2CCCCN2c2ccc(S(=O)(=O)N(C)C)cc21. The zero-order valence-electron chi connectivity index (χ0n) is 19.5. The Kier molecular flexibility index (Phi) is 7.79. The van der Waals surface area contributed by atoms with Gasteiger partial charge in [0.2, 0.25) is 21.8 Å². The summed E-state index contributed by atoms with van der Waals surface area (Å²) in [7, 11) is -0.720. The van der Waals surface area contributed by atoms with Gasteiger partial charge in [0.1, 0.15) is 12.6 Å². The summed E-state index contributed by atoms with van der Waals surface area (Å²) in [5, 5.41) is 2.90. The number of hydrogen-bond donors (Lipinski definition) is 1. The van der Waals surface area contributed by atoms with E-state index in [1.165, 1.54) is 25.1 Å². The Hall–Kier alpha value is -2.17. The molecule has 10 heteroatoms. The number of hydrogen-bond acceptors (Lipinski definition) is 6. The highest BCUT2D eigenvalue weighted by atomic mass is 32.2. The average Bonchev–Trinajstić information content (AvgIpc) is 2.79. The molecule has 1 aromatic carbocycles. The molecule has 1 fully saturated rings. The standard InChI is InChI=1S/C22H35N5O4S/c1-5-25(6-2)14-12-23-21(28)16-27-20-15-17(32(30,31)24(3)4)10-11-18(20)26-13-8-7-9-19(26)22(27)29/h10-11,15,19H,5-9,12-14,16H2,1-4H3,(H,23,28)/t19-/m0/s1. The predicted molar refractivity (Wildman–Crippen MR) is 125 cm³/mol. The summed E-state index contributed by atoms with van der Waals surface area (Å²) >= 11 is 0. The molecule has 1 N–H and O–H groups in total. The van der Waals surface area contributed by atoms with Crippen molar-refractivity contribution in [2.24, 2.45) is 0 Å². The van der Waals surface area contributed by atoms with Crippen molar-refractivity contribution in [1.82, 2.24) is 14.5 Å². The minimum atomic E-state index is -3.67. The number of sulfonamides is 1. The Balaban J connectivity index is 1.88. The minimum Gasteiger partial charge on any atom is -0.358 e. The first-order chi connectivity index (χ1) is 15.2. The molecule has 2 aliphatic heterocycles. The topological polar surface area (TPSA) is 93.3 Å². The maximum Gasteiger partial charge on any atom is 0.250 e. The van der Waals surface area contributed by atoms with Crippen LogP contribution in [0.3, 0.4) is 0 Å². The van der Waals surface area contributed by atoms with E-state index in [4.69, 9.17) is 0 Å². The van der Waals surface area contributed by atoms with Gasteiger partial charge in [-0.3, -0.25) is 14.5 Å². The largest absolute Gasteiger partial charge is 0.358 e. The van der Waals surface area contributed by atoms with Gasteiger partial charge in [-0.15, -0.1) is 0 Å². The van der Waals surface area contributed by atoms with E-state index >= 15 is 0 Å². The fraction of sp³-hybridized carbons (Fsp3) is 0.636. The highest BCUT2D eigenvalue weighted by molar-refractivity contribution is 7.89. The van der Waals surface area contributed by atoms with Crippen molar-refractivity contribution < 1.29 is 18.0 Å². The fourth-order valence-electron chi connectivity index (χ4n) is 4.36. The van der Waals surface area contributed by atoms with E-state index in [2.05, 4.69) is 29.0 Å². The predicted octanol–water partition coefficient (Wildman–Crippen LogP) is 1.10. The van der Waals surface area contributed by atoms with Crippen LogP contribution in [0.5, 0.6) is 0 Å². The van der Waals surface area contributed by atoms with Crippen LogP contribution < -0.4 is 15.1 Å². The first kappa shape index (κ1) is 24.5. The van der Waals surface area contributed by atoms with Gasteiger partial charge in [0, 0.05) is 33.7 Å². The Morgan fingerprint density at radius 3 is 2.53 bits per heavy atom. The second-order valence-electron chi connectivity index (χ2n) is 8.44. The van der Waals surface area contributed by atoms with Crippen LogP contribution in [-0.4, -0.2) is 88.8 Å². The molecule has 9 nitrogen and oxygen atoms in total. The summed E-state index contributed by atoms with van der Waals surface area (Å²) < 4.78 is 26.5. The summed E-state index contributed by atoms with van der Waals surface area (Å²) in [4.78, 5) is 31.9. The lowest BCUT2D eigenvalue weighted by molar-refractivity contribution is -0.125. The molecule has 1 saturated heterocycles. The molecule has 0 aromatic heterocycles. The van der Waals surface area contributed by atoms with Crippen LogP contribution in [0.2, 0.25) is 0 Å². The van der Waals surface area contributed by atoms with Crippen LogP contribution >= 0.6 is 0 Å². The van der Waals surface area contributed by atoms with E-state index in [1.54, 1.807) is 12.1 Å². The highest BCUT2D eigenvalue weighted by Gasteiger charge is 2.40. The molecule has 3 rings (SSSR count). The number of carbonyl (C=O) groups excluding carboxylic acids is 2.